The topological polar surface area (TPSA) is 91.7 Å². The van der Waals surface area contributed by atoms with Gasteiger partial charge in [0.2, 0.25) is 0 Å². The Morgan fingerprint density at radius 2 is 1.11 bits per heavy atom. The van der Waals surface area contributed by atoms with Gasteiger partial charge in [-0.05, 0) is 0 Å². The van der Waals surface area contributed by atoms with Crippen molar-refractivity contribution in [2.45, 2.75) is 0 Å². The van der Waals surface area contributed by atoms with Crippen LogP contribution >= 0.6 is 0 Å². The van der Waals surface area contributed by atoms with Crippen molar-refractivity contribution in [2.75, 3.05) is 0 Å². The number of carbonyl (C=O) groups excluding carboxylic acids is 1. The summed E-state index contributed by atoms with van der Waals surface area (Å²) < 4.78 is 0. The Kier molecular flexibility index (Phi) is 5.05. The predicted octanol–water partition coefficient (Wildman–Crippen LogP) is -1.28. The van der Waals surface area contributed by atoms with E-state index in [1.807, 2.05) is 0 Å². The van der Waals surface area contributed by atoms with Crippen molar-refractivity contribution in [3.8, 4) is 0 Å². The maximum absolute atomic E-state index is 9.64. The molecule has 5 nitrogen and oxygen atoms in total. The van der Waals surface area contributed by atoms with Crippen LogP contribution in [0.15, 0.2) is 0 Å². The molecule has 0 aliphatic rings. The Morgan fingerprint density at radius 1 is 0.889 bits per heavy atom. The predicted molar refractivity (Wildman–Crippen MR) is 20.3 cm³/mol. The van der Waals surface area contributed by atoms with E-state index in [1.54, 1.807) is 0 Å². The van der Waals surface area contributed by atoms with E-state index in [-0.39, 0.29) is 18.6 Å². The van der Waals surface area contributed by atoms with Gasteiger partial charge in [-0.1, -0.05) is 0 Å². The van der Waals surface area contributed by atoms with Crippen LogP contribution in [0.4, 0.5) is 0 Å². The Bertz CT molecular complexity index is 134. The van der Waals surface area contributed by atoms with E-state index in [4.69, 9.17) is 10.2 Å². The van der Waals surface area contributed by atoms with Gasteiger partial charge in [-0.2, -0.15) is 0 Å². The Labute approximate surface area is 61.6 Å². The number of rotatable bonds is 2. The van der Waals surface area contributed by atoms with Crippen LogP contribution in [-0.2, 0) is 32.9 Å². The van der Waals surface area contributed by atoms with Gasteiger partial charge in [0.15, 0.2) is 0 Å². The number of carboxylic acids is 2. The normalized spacial score (nSPS) is 7.11. The summed E-state index contributed by atoms with van der Waals surface area (Å²) in [5, 5.41) is 15.2. The molecule has 1 radical (unpaired) electrons. The second kappa shape index (κ2) is 4.11. The summed E-state index contributed by atoms with van der Waals surface area (Å²) in [4.78, 5) is 28.5. The maximum atomic E-state index is 9.64. The third kappa shape index (κ3) is 3.75. The van der Waals surface area contributed by atoms with Gasteiger partial charge in [0.25, 0.3) is 0 Å². The summed E-state index contributed by atoms with van der Waals surface area (Å²) >= 11 is 0. The van der Waals surface area contributed by atoms with E-state index in [2.05, 4.69) is 0 Å². The van der Waals surface area contributed by atoms with Crippen LogP contribution in [0.1, 0.15) is 0 Å². The number of aliphatic carboxylic acids is 2. The first-order valence-corrected chi connectivity index (χ1v) is 1.56. The average molecular weight is 169 g/mol. The van der Waals surface area contributed by atoms with E-state index in [0.29, 0.717) is 0 Å². The molecule has 0 aromatic heterocycles. The zero-order chi connectivity index (χ0) is 6.73. The zero-order valence-corrected chi connectivity index (χ0v) is 5.46. The smallest absolute Gasteiger partial charge is 0.384 e. The summed E-state index contributed by atoms with van der Waals surface area (Å²) in [6.07, 6.45) is 0. The third-order valence-electron chi connectivity index (χ3n) is 0.388. The summed E-state index contributed by atoms with van der Waals surface area (Å²) in [5.41, 5.74) is 0. The van der Waals surface area contributed by atoms with Gasteiger partial charge in [-0.15, -0.1) is 0 Å². The quantitative estimate of drug-likeness (QED) is 0.396. The monoisotopic (exact) mass is 169 g/mol. The molecule has 0 rings (SSSR count). The minimum absolute atomic E-state index is 0. The third-order valence-corrected chi connectivity index (χ3v) is 0.388. The van der Waals surface area contributed by atoms with E-state index in [1.165, 1.54) is 0 Å². The molecule has 0 unspecified atom stereocenters. The molecule has 0 aliphatic heterocycles. The summed E-state index contributed by atoms with van der Waals surface area (Å²) in [7, 11) is 0. The maximum Gasteiger partial charge on any atom is 0.384 e. The molecule has 0 aliphatic carbocycles. The molecule has 0 atom stereocenters. The van der Waals surface area contributed by atoms with Crippen molar-refractivity contribution in [3.63, 3.8) is 0 Å². The first-order valence-electron chi connectivity index (χ1n) is 1.56. The molecule has 0 amide bonds. The van der Waals surface area contributed by atoms with Gasteiger partial charge in [0, 0.05) is 18.6 Å². The van der Waals surface area contributed by atoms with Gasteiger partial charge < -0.3 is 10.2 Å². The average Bonchev–Trinajstić information content (AvgIpc) is 1.64. The van der Waals surface area contributed by atoms with E-state index >= 15 is 0 Å². The van der Waals surface area contributed by atoms with Gasteiger partial charge in [0.1, 0.15) is 0 Å². The second-order valence-corrected chi connectivity index (χ2v) is 0.939. The molecule has 0 aromatic carbocycles. The molecule has 0 fully saturated rings. The van der Waals surface area contributed by atoms with Crippen LogP contribution in [0, 0.1) is 0 Å². The first-order chi connectivity index (χ1) is 3.55. The largest absolute Gasteiger partial charge is 0.475 e. The molecule has 49 valence electrons. The minimum atomic E-state index is -1.95. The Hall–Kier alpha value is -0.806. The molecular formula is C3H2O5V. The van der Waals surface area contributed by atoms with E-state index in [9.17, 15) is 14.4 Å². The van der Waals surface area contributed by atoms with E-state index in [0.717, 1.165) is 0 Å². The van der Waals surface area contributed by atoms with Crippen LogP contribution < -0.4 is 0 Å². The molecule has 0 saturated carbocycles. The molecule has 0 heterocycles. The molecule has 9 heavy (non-hydrogen) atoms. The van der Waals surface area contributed by atoms with Crippen LogP contribution in [0.25, 0.3) is 0 Å². The van der Waals surface area contributed by atoms with Crippen molar-refractivity contribution < 1.29 is 43.2 Å². The standard InChI is InChI=1S/C3H2O5.V/c4-1(2(5)6)3(7)8;/h(H,5,6)(H,7,8);. The fourth-order valence-electron chi connectivity index (χ4n) is 0.0915. The van der Waals surface area contributed by atoms with E-state index < -0.39 is 17.7 Å². The molecular weight excluding hydrogens is 167 g/mol. The number of hydrogen-bond donors (Lipinski definition) is 2. The Balaban J connectivity index is 0. The molecule has 0 spiro atoms. The van der Waals surface area contributed by atoms with Crippen LogP contribution in [-0.4, -0.2) is 27.9 Å². The summed E-state index contributed by atoms with van der Waals surface area (Å²) in [5.74, 6) is -5.71. The number of Topliss-reactive ketones (excluding diaryl/α,β-unsaturated/α-hetero) is 1. The number of ketones is 1. The zero-order valence-electron chi connectivity index (χ0n) is 4.07. The van der Waals surface area contributed by atoms with Crippen LogP contribution in [0.3, 0.4) is 0 Å². The van der Waals surface area contributed by atoms with Gasteiger partial charge in [0.05, 0.1) is 0 Å². The first kappa shape index (κ1) is 11.1. The van der Waals surface area contributed by atoms with Crippen molar-refractivity contribution >= 4 is 17.7 Å². The molecule has 0 bridgehead atoms. The summed E-state index contributed by atoms with van der Waals surface area (Å²) in [6, 6.07) is 0. The molecule has 0 aromatic rings. The number of hydrogen-bond acceptors (Lipinski definition) is 3. The fourth-order valence-corrected chi connectivity index (χ4v) is 0.0915. The minimum Gasteiger partial charge on any atom is -0.475 e. The summed E-state index contributed by atoms with van der Waals surface area (Å²) in [6.45, 7) is 0. The van der Waals surface area contributed by atoms with Gasteiger partial charge >= 0.3 is 17.7 Å². The van der Waals surface area contributed by atoms with Crippen molar-refractivity contribution in [1.29, 1.82) is 0 Å². The fraction of sp³-hybridized carbons (Fsp3) is 0. The Morgan fingerprint density at radius 3 is 1.11 bits per heavy atom. The van der Waals surface area contributed by atoms with Gasteiger partial charge in [-0.3, -0.25) is 4.79 Å². The second-order valence-electron chi connectivity index (χ2n) is 0.939. The SMILES string of the molecule is O=C(O)C(=O)C(=O)O.[V]. The number of carbonyl (C=O) groups is 3. The molecule has 0 saturated heterocycles. The molecule has 6 heteroatoms. The number of carboxylic acid groups (broad SMARTS) is 2. The van der Waals surface area contributed by atoms with Crippen molar-refractivity contribution in [3.05, 3.63) is 0 Å². The van der Waals surface area contributed by atoms with Gasteiger partial charge in [-0.25, -0.2) is 9.59 Å². The van der Waals surface area contributed by atoms with Crippen molar-refractivity contribution in [1.82, 2.24) is 0 Å². The van der Waals surface area contributed by atoms with Crippen LogP contribution in [0.2, 0.25) is 0 Å². The van der Waals surface area contributed by atoms with Crippen molar-refractivity contribution in [2.24, 2.45) is 0 Å². The van der Waals surface area contributed by atoms with Crippen LogP contribution in [0.5, 0.6) is 0 Å². The molecule has 2 N–H and O–H groups in total.